The largest absolute Gasteiger partial charge is 0.383 e. The first-order valence-electron chi connectivity index (χ1n) is 5.33. The van der Waals surface area contributed by atoms with Gasteiger partial charge in [0, 0.05) is 12.8 Å². The van der Waals surface area contributed by atoms with Gasteiger partial charge in [-0.2, -0.15) is 5.26 Å². The lowest BCUT2D eigenvalue weighted by Gasteiger charge is -2.13. The molecule has 1 aromatic carbocycles. The van der Waals surface area contributed by atoms with Crippen molar-refractivity contribution in [1.82, 2.24) is 5.32 Å². The molecule has 0 aromatic heterocycles. The molecular formula is C12H14ClN3O2. The number of benzene rings is 1. The van der Waals surface area contributed by atoms with Gasteiger partial charge in [-0.25, -0.2) is 4.79 Å². The Morgan fingerprint density at radius 1 is 1.61 bits per heavy atom. The molecule has 0 radical (unpaired) electrons. The van der Waals surface area contributed by atoms with Crippen molar-refractivity contribution in [3.63, 3.8) is 0 Å². The smallest absolute Gasteiger partial charge is 0.319 e. The molecule has 1 rings (SSSR count). The molecule has 0 bridgehead atoms. The highest BCUT2D eigenvalue weighted by Gasteiger charge is 2.08. The maximum atomic E-state index is 11.6. The van der Waals surface area contributed by atoms with Crippen LogP contribution in [0.2, 0.25) is 5.02 Å². The number of amides is 2. The number of methoxy groups -OCH3 is 1. The summed E-state index contributed by atoms with van der Waals surface area (Å²) >= 11 is 5.79. The normalized spacial score (nSPS) is 11.4. The van der Waals surface area contributed by atoms with Gasteiger partial charge in [-0.15, -0.1) is 0 Å². The minimum absolute atomic E-state index is 0.0993. The summed E-state index contributed by atoms with van der Waals surface area (Å²) < 4.78 is 4.90. The van der Waals surface area contributed by atoms with Crippen LogP contribution < -0.4 is 10.6 Å². The Bertz CT molecular complexity index is 471. The number of hydrogen-bond acceptors (Lipinski definition) is 3. The van der Waals surface area contributed by atoms with E-state index in [1.165, 1.54) is 6.07 Å². The molecule has 0 fully saturated rings. The predicted octanol–water partition coefficient (Wildman–Crippen LogP) is 2.37. The van der Waals surface area contributed by atoms with E-state index in [4.69, 9.17) is 21.6 Å². The second-order valence-electron chi connectivity index (χ2n) is 3.76. The zero-order valence-electron chi connectivity index (χ0n) is 10.2. The van der Waals surface area contributed by atoms with E-state index < -0.39 is 0 Å². The number of nitriles is 1. The number of halogens is 1. The maximum Gasteiger partial charge on any atom is 0.319 e. The molecule has 0 saturated heterocycles. The van der Waals surface area contributed by atoms with Gasteiger partial charge in [-0.05, 0) is 25.1 Å². The van der Waals surface area contributed by atoms with Gasteiger partial charge in [-0.1, -0.05) is 11.6 Å². The summed E-state index contributed by atoms with van der Waals surface area (Å²) in [6.45, 7) is 2.25. The highest BCUT2D eigenvalue weighted by molar-refractivity contribution is 6.31. The van der Waals surface area contributed by atoms with Crippen LogP contribution >= 0.6 is 11.6 Å². The van der Waals surface area contributed by atoms with Crippen molar-refractivity contribution in [2.24, 2.45) is 0 Å². The molecule has 6 heteroatoms. The van der Waals surface area contributed by atoms with Crippen LogP contribution in [0.25, 0.3) is 0 Å². The number of anilines is 1. The molecule has 5 nitrogen and oxygen atoms in total. The number of hydrogen-bond donors (Lipinski definition) is 2. The number of nitrogens with one attached hydrogen (secondary N) is 2. The molecular weight excluding hydrogens is 254 g/mol. The number of carbonyl (C=O) groups excluding carboxylic acids is 1. The third-order valence-corrected chi connectivity index (χ3v) is 2.47. The molecule has 1 atom stereocenters. The van der Waals surface area contributed by atoms with Crippen LogP contribution in [0.15, 0.2) is 18.2 Å². The van der Waals surface area contributed by atoms with Crippen molar-refractivity contribution in [2.75, 3.05) is 19.0 Å². The van der Waals surface area contributed by atoms with Gasteiger partial charge in [-0.3, -0.25) is 0 Å². The quantitative estimate of drug-likeness (QED) is 0.879. The van der Waals surface area contributed by atoms with E-state index in [-0.39, 0.29) is 12.1 Å². The minimum atomic E-state index is -0.356. The standard InChI is InChI=1S/C12H14ClN3O2/c1-8(7-18-2)15-12(17)16-10-3-4-11(13)9(5-10)6-14/h3-5,8H,7H2,1-2H3,(H2,15,16,17). The monoisotopic (exact) mass is 267 g/mol. The summed E-state index contributed by atoms with van der Waals surface area (Å²) in [6.07, 6.45) is 0. The van der Waals surface area contributed by atoms with E-state index in [2.05, 4.69) is 10.6 Å². The van der Waals surface area contributed by atoms with E-state index in [1.807, 2.05) is 13.0 Å². The Kier molecular flexibility index (Phi) is 5.43. The van der Waals surface area contributed by atoms with Crippen molar-refractivity contribution < 1.29 is 9.53 Å². The number of nitrogens with zero attached hydrogens (tertiary/aromatic N) is 1. The predicted molar refractivity (Wildman–Crippen MR) is 69.7 cm³/mol. The lowest BCUT2D eigenvalue weighted by Crippen LogP contribution is -2.38. The number of carbonyl (C=O) groups is 1. The summed E-state index contributed by atoms with van der Waals surface area (Å²) in [4.78, 5) is 11.6. The molecule has 2 amide bonds. The van der Waals surface area contributed by atoms with Gasteiger partial charge < -0.3 is 15.4 Å². The van der Waals surface area contributed by atoms with E-state index in [9.17, 15) is 4.79 Å². The highest BCUT2D eigenvalue weighted by Crippen LogP contribution is 2.19. The zero-order valence-corrected chi connectivity index (χ0v) is 10.9. The average Bonchev–Trinajstić information content (AvgIpc) is 2.31. The SMILES string of the molecule is COCC(C)NC(=O)Nc1ccc(Cl)c(C#N)c1. The Morgan fingerprint density at radius 2 is 2.33 bits per heavy atom. The fraction of sp³-hybridized carbons (Fsp3) is 0.333. The first kappa shape index (κ1) is 14.3. The first-order valence-corrected chi connectivity index (χ1v) is 5.70. The van der Waals surface area contributed by atoms with Gasteiger partial charge in [0.2, 0.25) is 0 Å². The molecule has 0 spiro atoms. The molecule has 18 heavy (non-hydrogen) atoms. The number of ether oxygens (including phenoxy) is 1. The molecule has 0 aliphatic carbocycles. The second kappa shape index (κ2) is 6.84. The molecule has 0 saturated carbocycles. The Balaban J connectivity index is 2.62. The van der Waals surface area contributed by atoms with Crippen LogP contribution in [0, 0.1) is 11.3 Å². The summed E-state index contributed by atoms with van der Waals surface area (Å²) in [5.41, 5.74) is 0.831. The fourth-order valence-electron chi connectivity index (χ4n) is 1.37. The molecule has 1 aromatic rings. The van der Waals surface area contributed by atoms with E-state index in [0.29, 0.717) is 22.9 Å². The zero-order chi connectivity index (χ0) is 13.5. The summed E-state index contributed by atoms with van der Waals surface area (Å²) in [5, 5.41) is 14.5. The minimum Gasteiger partial charge on any atom is -0.383 e. The Morgan fingerprint density at radius 3 is 2.94 bits per heavy atom. The lowest BCUT2D eigenvalue weighted by atomic mass is 10.2. The maximum absolute atomic E-state index is 11.6. The molecule has 2 N–H and O–H groups in total. The second-order valence-corrected chi connectivity index (χ2v) is 4.17. The van der Waals surface area contributed by atoms with Crippen LogP contribution in [0.1, 0.15) is 12.5 Å². The molecule has 96 valence electrons. The van der Waals surface area contributed by atoms with Crippen molar-refractivity contribution in [2.45, 2.75) is 13.0 Å². The van der Waals surface area contributed by atoms with Crippen LogP contribution in [0.4, 0.5) is 10.5 Å². The summed E-state index contributed by atoms with van der Waals surface area (Å²) in [7, 11) is 1.56. The molecule has 0 aliphatic rings. The van der Waals surface area contributed by atoms with Crippen molar-refractivity contribution >= 4 is 23.3 Å². The molecule has 0 heterocycles. The van der Waals surface area contributed by atoms with Crippen LogP contribution in [0.5, 0.6) is 0 Å². The first-order chi connectivity index (χ1) is 8.56. The van der Waals surface area contributed by atoms with Gasteiger partial charge >= 0.3 is 6.03 Å². The molecule has 0 aliphatic heterocycles. The summed E-state index contributed by atoms with van der Waals surface area (Å²) in [6, 6.07) is 6.20. The topological polar surface area (TPSA) is 74.2 Å². The van der Waals surface area contributed by atoms with Crippen molar-refractivity contribution in [3.05, 3.63) is 28.8 Å². The fourth-order valence-corrected chi connectivity index (χ4v) is 1.53. The Labute approximate surface area is 111 Å². The van der Waals surface area contributed by atoms with Crippen molar-refractivity contribution in [1.29, 1.82) is 5.26 Å². The number of urea groups is 1. The van der Waals surface area contributed by atoms with Gasteiger partial charge in [0.05, 0.1) is 23.2 Å². The summed E-state index contributed by atoms with van der Waals surface area (Å²) in [5.74, 6) is 0. The Hall–Kier alpha value is -1.77. The van der Waals surface area contributed by atoms with E-state index >= 15 is 0 Å². The van der Waals surface area contributed by atoms with Crippen molar-refractivity contribution in [3.8, 4) is 6.07 Å². The number of rotatable bonds is 4. The van der Waals surface area contributed by atoms with E-state index in [0.717, 1.165) is 0 Å². The van der Waals surface area contributed by atoms with E-state index in [1.54, 1.807) is 19.2 Å². The average molecular weight is 268 g/mol. The molecule has 1 unspecified atom stereocenters. The van der Waals surface area contributed by atoms with Crippen LogP contribution in [-0.4, -0.2) is 25.8 Å². The third-order valence-electron chi connectivity index (χ3n) is 2.14. The third kappa shape index (κ3) is 4.24. The van der Waals surface area contributed by atoms with Gasteiger partial charge in [0.25, 0.3) is 0 Å². The van der Waals surface area contributed by atoms with Gasteiger partial charge in [0.1, 0.15) is 6.07 Å². The van der Waals surface area contributed by atoms with Crippen LogP contribution in [-0.2, 0) is 4.74 Å². The highest BCUT2D eigenvalue weighted by atomic mass is 35.5. The van der Waals surface area contributed by atoms with Gasteiger partial charge in [0.15, 0.2) is 0 Å². The lowest BCUT2D eigenvalue weighted by molar-refractivity contribution is 0.173. The van der Waals surface area contributed by atoms with Crippen LogP contribution in [0.3, 0.4) is 0 Å².